The number of anilines is 2. The lowest BCUT2D eigenvalue weighted by Gasteiger charge is -2.28. The van der Waals surface area contributed by atoms with Crippen LogP contribution in [0.5, 0.6) is 0 Å². The van der Waals surface area contributed by atoms with Crippen molar-refractivity contribution in [3.63, 3.8) is 0 Å². The molecule has 1 aromatic heterocycles. The lowest BCUT2D eigenvalue weighted by Crippen LogP contribution is -2.36. The van der Waals surface area contributed by atoms with Crippen LogP contribution in [0.15, 0.2) is 36.7 Å². The van der Waals surface area contributed by atoms with Crippen LogP contribution in [0.2, 0.25) is 0 Å². The van der Waals surface area contributed by atoms with Gasteiger partial charge in [0.1, 0.15) is 0 Å². The highest BCUT2D eigenvalue weighted by atomic mass is 16.5. The number of benzene rings is 1. The van der Waals surface area contributed by atoms with Gasteiger partial charge in [0.25, 0.3) is 5.91 Å². The molecule has 0 radical (unpaired) electrons. The number of hydrogen-bond acceptors (Lipinski definition) is 5. The largest absolute Gasteiger partial charge is 0.378 e. The summed E-state index contributed by atoms with van der Waals surface area (Å²) in [5, 5.41) is 4.02. The molecule has 1 saturated heterocycles. The number of carbonyl (C=O) groups excluding carboxylic acids is 1. The monoisotopic (exact) mass is 287 g/mol. The van der Waals surface area contributed by atoms with Crippen molar-refractivity contribution < 1.29 is 9.53 Å². The van der Waals surface area contributed by atoms with Gasteiger partial charge in [0.2, 0.25) is 0 Å². The predicted molar refractivity (Wildman–Crippen MR) is 79.2 cm³/mol. The molecule has 0 spiro atoms. The van der Waals surface area contributed by atoms with Gasteiger partial charge in [0.05, 0.1) is 36.9 Å². The van der Waals surface area contributed by atoms with Gasteiger partial charge in [0, 0.05) is 18.8 Å². The standard InChI is InChI=1S/C14H17N5O2/c15-14(20)11-9-16-19(10-11)17-12-1-3-13(4-2-12)18-5-7-21-8-6-18/h1-4,9-10,17H,5-8H2,(H2,15,20). The third-order valence-electron chi connectivity index (χ3n) is 3.35. The van der Waals surface area contributed by atoms with Crippen molar-refractivity contribution in [3.8, 4) is 0 Å². The fourth-order valence-corrected chi connectivity index (χ4v) is 2.21. The Bertz CT molecular complexity index is 617. The van der Waals surface area contributed by atoms with Gasteiger partial charge in [-0.1, -0.05) is 0 Å². The van der Waals surface area contributed by atoms with E-state index in [1.807, 2.05) is 24.3 Å². The summed E-state index contributed by atoms with van der Waals surface area (Å²) in [4.78, 5) is 14.8. The summed E-state index contributed by atoms with van der Waals surface area (Å²) in [6.07, 6.45) is 2.98. The van der Waals surface area contributed by atoms with Crippen LogP contribution in [0.3, 0.4) is 0 Å². The van der Waals surface area contributed by atoms with Crippen molar-refractivity contribution in [2.24, 2.45) is 5.73 Å². The van der Waals surface area contributed by atoms with Crippen LogP contribution < -0.4 is 16.1 Å². The van der Waals surface area contributed by atoms with Crippen molar-refractivity contribution in [3.05, 3.63) is 42.2 Å². The van der Waals surface area contributed by atoms with Gasteiger partial charge < -0.3 is 15.4 Å². The maximum absolute atomic E-state index is 11.0. The van der Waals surface area contributed by atoms with Gasteiger partial charge in [-0.2, -0.15) is 9.89 Å². The SMILES string of the molecule is NC(=O)c1cnn(Nc2ccc(N3CCOCC3)cc2)c1. The number of aromatic nitrogens is 2. The van der Waals surface area contributed by atoms with Crippen LogP contribution in [0, 0.1) is 0 Å². The third-order valence-corrected chi connectivity index (χ3v) is 3.35. The first-order chi connectivity index (χ1) is 10.2. The van der Waals surface area contributed by atoms with E-state index in [2.05, 4.69) is 15.4 Å². The van der Waals surface area contributed by atoms with Gasteiger partial charge in [-0.05, 0) is 24.3 Å². The minimum Gasteiger partial charge on any atom is -0.378 e. The first-order valence-corrected chi connectivity index (χ1v) is 6.76. The van der Waals surface area contributed by atoms with Gasteiger partial charge in [-0.3, -0.25) is 10.2 Å². The van der Waals surface area contributed by atoms with E-state index in [1.54, 1.807) is 6.20 Å². The van der Waals surface area contributed by atoms with Gasteiger partial charge >= 0.3 is 0 Å². The Morgan fingerprint density at radius 2 is 1.95 bits per heavy atom. The second kappa shape index (κ2) is 5.84. The first-order valence-electron chi connectivity index (χ1n) is 6.76. The second-order valence-corrected chi connectivity index (χ2v) is 4.80. The van der Waals surface area contributed by atoms with E-state index in [0.717, 1.165) is 32.0 Å². The minimum atomic E-state index is -0.495. The molecule has 0 unspecified atom stereocenters. The Morgan fingerprint density at radius 3 is 2.57 bits per heavy atom. The zero-order valence-corrected chi connectivity index (χ0v) is 11.5. The van der Waals surface area contributed by atoms with E-state index in [4.69, 9.17) is 10.5 Å². The molecule has 7 nitrogen and oxygen atoms in total. The summed E-state index contributed by atoms with van der Waals surface area (Å²) in [7, 11) is 0. The highest BCUT2D eigenvalue weighted by Crippen LogP contribution is 2.19. The summed E-state index contributed by atoms with van der Waals surface area (Å²) >= 11 is 0. The molecule has 0 saturated carbocycles. The zero-order chi connectivity index (χ0) is 14.7. The summed E-state index contributed by atoms with van der Waals surface area (Å²) in [5.41, 5.74) is 10.7. The maximum Gasteiger partial charge on any atom is 0.251 e. The molecule has 2 heterocycles. The van der Waals surface area contributed by atoms with E-state index in [-0.39, 0.29) is 0 Å². The molecule has 3 rings (SSSR count). The molecule has 0 aliphatic carbocycles. The van der Waals surface area contributed by atoms with Crippen LogP contribution in [0.4, 0.5) is 11.4 Å². The molecule has 21 heavy (non-hydrogen) atoms. The number of ether oxygens (including phenoxy) is 1. The lowest BCUT2D eigenvalue weighted by atomic mass is 10.2. The van der Waals surface area contributed by atoms with Crippen LogP contribution in [0.25, 0.3) is 0 Å². The highest BCUT2D eigenvalue weighted by Gasteiger charge is 2.10. The Balaban J connectivity index is 1.67. The smallest absolute Gasteiger partial charge is 0.251 e. The van der Waals surface area contributed by atoms with E-state index < -0.39 is 5.91 Å². The van der Waals surface area contributed by atoms with E-state index in [1.165, 1.54) is 16.7 Å². The van der Waals surface area contributed by atoms with Gasteiger partial charge in [-0.25, -0.2) is 0 Å². The Hall–Kier alpha value is -2.54. The van der Waals surface area contributed by atoms with Gasteiger partial charge in [-0.15, -0.1) is 0 Å². The van der Waals surface area contributed by atoms with E-state index >= 15 is 0 Å². The summed E-state index contributed by atoms with van der Waals surface area (Å²) in [6.45, 7) is 3.36. The van der Waals surface area contributed by atoms with Crippen molar-refractivity contribution >= 4 is 17.3 Å². The average Bonchev–Trinajstić information content (AvgIpc) is 2.98. The number of amides is 1. The molecule has 2 aromatic rings. The molecule has 0 atom stereocenters. The van der Waals surface area contributed by atoms with Crippen molar-refractivity contribution in [2.75, 3.05) is 36.6 Å². The lowest BCUT2D eigenvalue weighted by molar-refractivity contribution is 0.1000. The Kier molecular flexibility index (Phi) is 3.74. The van der Waals surface area contributed by atoms with Crippen LogP contribution in [0.1, 0.15) is 10.4 Å². The number of hydrogen-bond donors (Lipinski definition) is 2. The molecule has 1 aromatic carbocycles. The van der Waals surface area contributed by atoms with Crippen molar-refractivity contribution in [1.82, 2.24) is 9.89 Å². The quantitative estimate of drug-likeness (QED) is 0.864. The van der Waals surface area contributed by atoms with Crippen molar-refractivity contribution in [1.29, 1.82) is 0 Å². The van der Waals surface area contributed by atoms with E-state index in [9.17, 15) is 4.79 Å². The first kappa shape index (κ1) is 13.4. The van der Waals surface area contributed by atoms with Crippen molar-refractivity contribution in [2.45, 2.75) is 0 Å². The van der Waals surface area contributed by atoms with E-state index in [0.29, 0.717) is 5.56 Å². The van der Waals surface area contributed by atoms with Crippen LogP contribution >= 0.6 is 0 Å². The molecule has 7 heteroatoms. The molecule has 3 N–H and O–H groups in total. The van der Waals surface area contributed by atoms with Gasteiger partial charge in [0.15, 0.2) is 0 Å². The molecule has 1 aliphatic heterocycles. The number of carbonyl (C=O) groups is 1. The highest BCUT2D eigenvalue weighted by molar-refractivity contribution is 5.92. The molecule has 110 valence electrons. The molecular weight excluding hydrogens is 270 g/mol. The minimum absolute atomic E-state index is 0.368. The molecular formula is C14H17N5O2. The number of nitrogens with one attached hydrogen (secondary N) is 1. The molecule has 1 aliphatic rings. The summed E-state index contributed by atoms with van der Waals surface area (Å²) in [6, 6.07) is 8.03. The van der Waals surface area contributed by atoms with Crippen LogP contribution in [-0.4, -0.2) is 42.1 Å². The number of rotatable bonds is 4. The zero-order valence-electron chi connectivity index (χ0n) is 11.5. The normalized spacial score (nSPS) is 15.0. The predicted octanol–water partition coefficient (Wildman–Crippen LogP) is 0.694. The third kappa shape index (κ3) is 3.14. The van der Waals surface area contributed by atoms with Crippen LogP contribution in [-0.2, 0) is 4.74 Å². The summed E-state index contributed by atoms with van der Waals surface area (Å²) < 4.78 is 5.34. The Morgan fingerprint density at radius 1 is 1.24 bits per heavy atom. The summed E-state index contributed by atoms with van der Waals surface area (Å²) in [5.74, 6) is -0.495. The number of nitrogens with zero attached hydrogens (tertiary/aromatic N) is 3. The maximum atomic E-state index is 11.0. The average molecular weight is 287 g/mol. The number of primary amides is 1. The fourth-order valence-electron chi connectivity index (χ4n) is 2.21. The molecule has 1 fully saturated rings. The molecule has 1 amide bonds. The topological polar surface area (TPSA) is 85.4 Å². The Labute approximate surface area is 122 Å². The molecule has 0 bridgehead atoms. The number of nitrogens with two attached hydrogens (primary N) is 1. The fraction of sp³-hybridized carbons (Fsp3) is 0.286. The second-order valence-electron chi connectivity index (χ2n) is 4.80. The number of morpholine rings is 1.